The lowest BCUT2D eigenvalue weighted by Crippen LogP contribution is -2.45. The van der Waals surface area contributed by atoms with Gasteiger partial charge in [-0.1, -0.05) is 276 Å². The van der Waals surface area contributed by atoms with E-state index in [1.807, 2.05) is 6.08 Å². The van der Waals surface area contributed by atoms with Gasteiger partial charge >= 0.3 is 0 Å². The first-order valence-electron chi connectivity index (χ1n) is 25.4. The Kier molecular flexibility index (Phi) is 46.8. The van der Waals surface area contributed by atoms with Gasteiger partial charge in [-0.3, -0.25) is 4.79 Å². The molecular weight excluding hydrogens is 675 g/mol. The number of unbranched alkanes of at least 4 members (excludes halogenated alkanes) is 40. The second kappa shape index (κ2) is 47.5. The number of hydrogen-bond acceptors (Lipinski definition) is 3. The standard InChI is InChI=1S/C51H101NO3/c1-3-5-7-9-11-13-15-17-19-21-23-25-26-27-29-31-33-35-37-39-41-43-45-47-51(55)52-49(48-53)50(54)46-44-42-40-38-36-34-32-30-28-24-22-20-18-16-14-12-10-8-6-4-2/h44,46,49-50,53-54H,3-43,45,47-48H2,1-2H3,(H,52,55)/b46-44+. The fraction of sp³-hybridized carbons (Fsp3) is 0.941. The number of aliphatic hydroxyl groups excluding tert-OH is 2. The number of allylic oxidation sites excluding steroid dienone is 1. The van der Waals surface area contributed by atoms with Crippen LogP contribution < -0.4 is 5.32 Å². The van der Waals surface area contributed by atoms with Gasteiger partial charge in [0.2, 0.25) is 5.91 Å². The van der Waals surface area contributed by atoms with Crippen LogP contribution in [0.3, 0.4) is 0 Å². The van der Waals surface area contributed by atoms with Crippen LogP contribution in [0, 0.1) is 0 Å². The van der Waals surface area contributed by atoms with Crippen LogP contribution in [0.25, 0.3) is 0 Å². The van der Waals surface area contributed by atoms with E-state index in [1.54, 1.807) is 6.08 Å². The van der Waals surface area contributed by atoms with Crippen molar-refractivity contribution in [3.05, 3.63) is 12.2 Å². The fourth-order valence-corrected chi connectivity index (χ4v) is 8.12. The van der Waals surface area contributed by atoms with E-state index in [4.69, 9.17) is 0 Å². The third kappa shape index (κ3) is 44.1. The Morgan fingerprint density at radius 3 is 0.945 bits per heavy atom. The summed E-state index contributed by atoms with van der Waals surface area (Å²) in [6, 6.07) is -0.617. The van der Waals surface area contributed by atoms with E-state index < -0.39 is 12.1 Å². The minimum Gasteiger partial charge on any atom is -0.394 e. The molecule has 0 spiro atoms. The largest absolute Gasteiger partial charge is 0.394 e. The van der Waals surface area contributed by atoms with Crippen molar-refractivity contribution in [3.8, 4) is 0 Å². The average molecular weight is 776 g/mol. The van der Waals surface area contributed by atoms with Gasteiger partial charge in [0.1, 0.15) is 0 Å². The van der Waals surface area contributed by atoms with Gasteiger partial charge in [-0.05, 0) is 19.3 Å². The van der Waals surface area contributed by atoms with Crippen molar-refractivity contribution in [2.24, 2.45) is 0 Å². The molecule has 0 aliphatic heterocycles. The van der Waals surface area contributed by atoms with Crippen molar-refractivity contribution < 1.29 is 15.0 Å². The first-order valence-corrected chi connectivity index (χ1v) is 25.4. The van der Waals surface area contributed by atoms with Crippen molar-refractivity contribution in [2.75, 3.05) is 6.61 Å². The number of carbonyl (C=O) groups excluding carboxylic acids is 1. The van der Waals surface area contributed by atoms with Crippen LogP contribution in [0.5, 0.6) is 0 Å². The normalized spacial score (nSPS) is 12.9. The molecule has 0 saturated heterocycles. The fourth-order valence-electron chi connectivity index (χ4n) is 8.12. The molecule has 328 valence electrons. The second-order valence-corrected chi connectivity index (χ2v) is 17.6. The van der Waals surface area contributed by atoms with Crippen LogP contribution in [0.1, 0.15) is 290 Å². The van der Waals surface area contributed by atoms with Crippen molar-refractivity contribution in [1.29, 1.82) is 0 Å². The number of nitrogens with one attached hydrogen (secondary N) is 1. The summed E-state index contributed by atoms with van der Waals surface area (Å²) in [5.74, 6) is -0.0569. The molecule has 0 fully saturated rings. The molecule has 0 radical (unpaired) electrons. The molecule has 1 amide bonds. The number of amides is 1. The van der Waals surface area contributed by atoms with Crippen molar-refractivity contribution in [3.63, 3.8) is 0 Å². The molecule has 0 aliphatic carbocycles. The van der Waals surface area contributed by atoms with Gasteiger partial charge in [-0.15, -0.1) is 0 Å². The summed E-state index contributed by atoms with van der Waals surface area (Å²) in [4.78, 5) is 12.4. The van der Waals surface area contributed by atoms with Gasteiger partial charge in [-0.25, -0.2) is 0 Å². The Morgan fingerprint density at radius 2 is 0.673 bits per heavy atom. The van der Waals surface area contributed by atoms with Gasteiger partial charge in [0.15, 0.2) is 0 Å². The number of aliphatic hydroxyl groups is 2. The highest BCUT2D eigenvalue weighted by molar-refractivity contribution is 5.76. The van der Waals surface area contributed by atoms with E-state index in [9.17, 15) is 15.0 Å². The van der Waals surface area contributed by atoms with E-state index in [2.05, 4.69) is 19.2 Å². The summed E-state index contributed by atoms with van der Waals surface area (Å²) in [7, 11) is 0. The molecule has 4 nitrogen and oxygen atoms in total. The summed E-state index contributed by atoms with van der Waals surface area (Å²) in [5.41, 5.74) is 0. The molecule has 0 aliphatic rings. The van der Waals surface area contributed by atoms with Crippen LogP contribution >= 0.6 is 0 Å². The molecule has 0 aromatic heterocycles. The summed E-state index contributed by atoms with van der Waals surface area (Å²) >= 11 is 0. The lowest BCUT2D eigenvalue weighted by Gasteiger charge is -2.20. The summed E-state index contributed by atoms with van der Waals surface area (Å²) in [5, 5.41) is 23.1. The smallest absolute Gasteiger partial charge is 0.220 e. The predicted molar refractivity (Wildman–Crippen MR) is 244 cm³/mol. The van der Waals surface area contributed by atoms with Crippen LogP contribution in [-0.4, -0.2) is 34.9 Å². The quantitative estimate of drug-likeness (QED) is 0.0426. The van der Waals surface area contributed by atoms with Gasteiger partial charge in [-0.2, -0.15) is 0 Å². The Bertz CT molecular complexity index is 754. The highest BCUT2D eigenvalue weighted by atomic mass is 16.3. The lowest BCUT2D eigenvalue weighted by atomic mass is 10.0. The van der Waals surface area contributed by atoms with Crippen LogP contribution in [0.4, 0.5) is 0 Å². The maximum Gasteiger partial charge on any atom is 0.220 e. The molecular formula is C51H101NO3. The minimum atomic E-state index is -0.834. The molecule has 4 heteroatoms. The lowest BCUT2D eigenvalue weighted by molar-refractivity contribution is -0.123. The molecule has 55 heavy (non-hydrogen) atoms. The average Bonchev–Trinajstić information content (AvgIpc) is 3.19. The number of rotatable bonds is 47. The molecule has 3 N–H and O–H groups in total. The number of hydrogen-bond donors (Lipinski definition) is 3. The van der Waals surface area contributed by atoms with E-state index in [-0.39, 0.29) is 12.5 Å². The molecule has 2 unspecified atom stereocenters. The summed E-state index contributed by atoms with van der Waals surface area (Å²) < 4.78 is 0. The molecule has 0 aromatic rings. The Hall–Kier alpha value is -0.870. The third-order valence-electron chi connectivity index (χ3n) is 12.0. The number of carbonyl (C=O) groups is 1. The predicted octanol–water partition coefficient (Wildman–Crippen LogP) is 16.2. The first-order chi connectivity index (χ1) is 27.2. The first kappa shape index (κ1) is 54.1. The monoisotopic (exact) mass is 776 g/mol. The molecule has 0 aromatic carbocycles. The van der Waals surface area contributed by atoms with E-state index >= 15 is 0 Å². The molecule has 0 heterocycles. The van der Waals surface area contributed by atoms with Crippen molar-refractivity contribution >= 4 is 5.91 Å². The second-order valence-electron chi connectivity index (χ2n) is 17.6. The third-order valence-corrected chi connectivity index (χ3v) is 12.0. The molecule has 2 atom stereocenters. The molecule has 0 bridgehead atoms. The molecule has 0 saturated carbocycles. The van der Waals surface area contributed by atoms with E-state index in [0.29, 0.717) is 6.42 Å². The van der Waals surface area contributed by atoms with Gasteiger partial charge < -0.3 is 15.5 Å². The maximum atomic E-state index is 12.4. The Labute approximate surface area is 346 Å². The summed E-state index contributed by atoms with van der Waals surface area (Å²) in [6.45, 7) is 4.35. The minimum absolute atomic E-state index is 0.0569. The zero-order valence-corrected chi connectivity index (χ0v) is 37.7. The van der Waals surface area contributed by atoms with Crippen LogP contribution in [-0.2, 0) is 4.79 Å². The van der Waals surface area contributed by atoms with Crippen molar-refractivity contribution in [1.82, 2.24) is 5.32 Å². The van der Waals surface area contributed by atoms with Gasteiger partial charge in [0, 0.05) is 6.42 Å². The zero-order chi connectivity index (χ0) is 40.0. The molecule has 0 rings (SSSR count). The van der Waals surface area contributed by atoms with E-state index in [1.165, 1.54) is 244 Å². The van der Waals surface area contributed by atoms with Gasteiger partial charge in [0.25, 0.3) is 0 Å². The highest BCUT2D eigenvalue weighted by Gasteiger charge is 2.18. The van der Waals surface area contributed by atoms with Crippen molar-refractivity contribution in [2.45, 2.75) is 302 Å². The summed E-state index contributed by atoms with van der Waals surface area (Å²) in [6.07, 6.45) is 60.6. The topological polar surface area (TPSA) is 69.6 Å². The maximum absolute atomic E-state index is 12.4. The zero-order valence-electron chi connectivity index (χ0n) is 37.7. The van der Waals surface area contributed by atoms with Crippen LogP contribution in [0.15, 0.2) is 12.2 Å². The SMILES string of the molecule is CCCCCCCCCCCCCCCCCCCC/C=C/C(O)C(CO)NC(=O)CCCCCCCCCCCCCCCCCCCCCCCCC. The highest BCUT2D eigenvalue weighted by Crippen LogP contribution is 2.17. The Morgan fingerprint density at radius 1 is 0.418 bits per heavy atom. The van der Waals surface area contributed by atoms with Crippen LogP contribution in [0.2, 0.25) is 0 Å². The Balaban J connectivity index is 3.48. The van der Waals surface area contributed by atoms with Gasteiger partial charge in [0.05, 0.1) is 18.8 Å². The van der Waals surface area contributed by atoms with E-state index in [0.717, 1.165) is 25.7 Å².